The van der Waals surface area contributed by atoms with Crippen molar-refractivity contribution >= 4 is 52.3 Å². The Hall–Kier alpha value is -3.52. The summed E-state index contributed by atoms with van der Waals surface area (Å²) in [6.07, 6.45) is 7.02. The van der Waals surface area contributed by atoms with E-state index < -0.39 is 25.9 Å². The summed E-state index contributed by atoms with van der Waals surface area (Å²) in [6, 6.07) is 40.0. The third kappa shape index (κ3) is 6.84. The molecule has 4 heteroatoms. The van der Waals surface area contributed by atoms with Gasteiger partial charge in [-0.1, -0.05) is 0 Å². The third-order valence-corrected chi connectivity index (χ3v) is 37.0. The van der Waals surface area contributed by atoms with Gasteiger partial charge in [0.15, 0.2) is 0 Å². The summed E-state index contributed by atoms with van der Waals surface area (Å²) < 4.78 is 0.967. The van der Waals surface area contributed by atoms with Crippen molar-refractivity contribution in [3.63, 3.8) is 0 Å². The van der Waals surface area contributed by atoms with Gasteiger partial charge < -0.3 is 0 Å². The van der Waals surface area contributed by atoms with Crippen molar-refractivity contribution in [2.24, 2.45) is 10.8 Å². The second-order valence-corrected chi connectivity index (χ2v) is 43.5. The number of hydrogen-bond donors (Lipinski definition) is 0. The molecule has 0 spiro atoms. The summed E-state index contributed by atoms with van der Waals surface area (Å²) in [6.45, 7) is 27.9. The first-order valence-corrected chi connectivity index (χ1v) is 34.8. The number of allylic oxidation sites excluding steroid dienone is 2. The number of benzene rings is 6. The molecule has 9 rings (SSSR count). The van der Waals surface area contributed by atoms with E-state index in [1.165, 1.54) is 114 Å². The van der Waals surface area contributed by atoms with E-state index in [-0.39, 0.29) is 18.1 Å². The van der Waals surface area contributed by atoms with Crippen molar-refractivity contribution in [3.8, 4) is 33.4 Å². The molecule has 0 bridgehead atoms. The summed E-state index contributed by atoms with van der Waals surface area (Å²) in [5, 5.41) is 2.96. The molecule has 2 unspecified atom stereocenters. The van der Waals surface area contributed by atoms with Crippen LogP contribution >= 0.6 is 17.0 Å². The van der Waals surface area contributed by atoms with E-state index in [0.717, 1.165) is 12.8 Å². The van der Waals surface area contributed by atoms with Gasteiger partial charge in [-0.15, -0.1) is 0 Å². The van der Waals surface area contributed by atoms with Crippen LogP contribution < -0.4 is 13.6 Å². The maximum atomic E-state index is 9.58. The fraction of sp³-hybridized carbons (Fsp3) is 0.310. The molecule has 0 fully saturated rings. The van der Waals surface area contributed by atoms with E-state index >= 15 is 0 Å². The molecule has 0 aromatic heterocycles. The monoisotopic (exact) mass is 947 g/mol. The van der Waals surface area contributed by atoms with Gasteiger partial charge in [0.2, 0.25) is 0 Å². The zero-order valence-electron chi connectivity index (χ0n) is 39.0. The summed E-state index contributed by atoms with van der Waals surface area (Å²) in [5.74, 6) is 0. The Kier molecular flexibility index (Phi) is 10.8. The number of halogens is 2. The first-order chi connectivity index (χ1) is 29.2. The topological polar surface area (TPSA) is 0 Å². The predicted octanol–water partition coefficient (Wildman–Crippen LogP) is 14.5. The van der Waals surface area contributed by atoms with E-state index in [2.05, 4.69) is 198 Å². The van der Waals surface area contributed by atoms with Gasteiger partial charge in [0.25, 0.3) is 0 Å². The molecular formula is C58H63Cl2SiZr. The molecule has 6 aromatic rings. The Balaban J connectivity index is 1.44. The van der Waals surface area contributed by atoms with Crippen LogP contribution in [0.25, 0.3) is 45.5 Å². The van der Waals surface area contributed by atoms with E-state index in [1.807, 2.05) is 0 Å². The van der Waals surface area contributed by atoms with Crippen LogP contribution in [0.1, 0.15) is 118 Å². The van der Waals surface area contributed by atoms with Gasteiger partial charge in [-0.2, -0.15) is 0 Å². The molecular weight excluding hydrogens is 887 g/mol. The minimum atomic E-state index is -5.83. The van der Waals surface area contributed by atoms with Gasteiger partial charge >= 0.3 is 386 Å². The van der Waals surface area contributed by atoms with Gasteiger partial charge in [0.05, 0.1) is 0 Å². The molecule has 0 amide bonds. The van der Waals surface area contributed by atoms with Gasteiger partial charge in [0.1, 0.15) is 0 Å². The molecule has 6 aromatic carbocycles. The average Bonchev–Trinajstić information content (AvgIpc) is 3.92. The van der Waals surface area contributed by atoms with Crippen LogP contribution in [0.4, 0.5) is 0 Å². The predicted molar refractivity (Wildman–Crippen MR) is 273 cm³/mol. The Morgan fingerprint density at radius 1 is 0.532 bits per heavy atom. The summed E-state index contributed by atoms with van der Waals surface area (Å²) >= 11 is -5.83. The molecule has 0 radical (unpaired) electrons. The molecule has 2 atom stereocenters. The fourth-order valence-corrected chi connectivity index (χ4v) is 40.3. The van der Waals surface area contributed by atoms with Crippen molar-refractivity contribution in [2.45, 2.75) is 103 Å². The van der Waals surface area contributed by atoms with Crippen molar-refractivity contribution in [3.05, 3.63) is 170 Å². The van der Waals surface area contributed by atoms with Crippen molar-refractivity contribution < 1.29 is 16.4 Å². The molecule has 62 heavy (non-hydrogen) atoms. The number of aryl methyl sites for hydroxylation is 6. The van der Waals surface area contributed by atoms with Crippen LogP contribution in [0, 0.1) is 38.5 Å². The zero-order chi connectivity index (χ0) is 44.3. The van der Waals surface area contributed by atoms with E-state index in [1.54, 1.807) is 0 Å². The van der Waals surface area contributed by atoms with E-state index in [9.17, 15) is 17.0 Å². The molecule has 2 aliphatic carbocycles. The van der Waals surface area contributed by atoms with E-state index in [0.29, 0.717) is 0 Å². The van der Waals surface area contributed by atoms with Gasteiger partial charge in [-0.25, -0.2) is 0 Å². The zero-order valence-corrected chi connectivity index (χ0v) is 44.4. The maximum absolute atomic E-state index is 9.58. The molecule has 1 aliphatic heterocycles. The minimum absolute atomic E-state index is 0.160. The standard InChI is InChI=1S/2C23H27.C12H9Si.2ClH.Zr/c2*1-7-17-8-9-18-13-20(23(4,5)6)14-21(18)22(17)19-11-15(2)10-16(3)12-19;1-3-7-11-9(5-1)10-6-2-4-8-12(10)13-11;;;/h2*8-14H,7H2,1-6H3;1-7H,13H2;2*1H;/q;;;;;+2/p-2. The number of fused-ring (bicyclic) bond motifs is 5. The van der Waals surface area contributed by atoms with Crippen LogP contribution in [-0.2, 0) is 29.2 Å². The normalized spacial score (nSPS) is 17.9. The van der Waals surface area contributed by atoms with Gasteiger partial charge in [-0.3, -0.25) is 0 Å². The Bertz CT molecular complexity index is 2720. The van der Waals surface area contributed by atoms with Crippen LogP contribution in [-0.4, -0.2) is 9.52 Å². The summed E-state index contributed by atoms with van der Waals surface area (Å²) in [4.78, 5) is 0. The first kappa shape index (κ1) is 43.7. The Labute approximate surface area is 383 Å². The van der Waals surface area contributed by atoms with Crippen molar-refractivity contribution in [1.29, 1.82) is 0 Å². The molecule has 1 heterocycles. The second kappa shape index (κ2) is 15.3. The quantitative estimate of drug-likeness (QED) is 0.140. The average molecular weight is 950 g/mol. The SMILES string of the molecule is CCc1ccc2c(c1-c1cc(C)cc(C)c1)C=C(C(C)(C)C)[CH]2[Zr]([Cl])([Cl])([c]1cccc2c1[SiH2]c1ccccc1-2)[CH]1C(C(C)(C)C)=Cc2c1ccc(CC)c2-c1cc(C)cc(C)c1. The fourth-order valence-electron chi connectivity index (χ4n) is 12.0. The number of hydrogen-bond acceptors (Lipinski definition) is 0. The van der Waals surface area contributed by atoms with Gasteiger partial charge in [0, 0.05) is 0 Å². The molecule has 0 saturated heterocycles. The summed E-state index contributed by atoms with van der Waals surface area (Å²) in [5.41, 5.74) is 23.4. The second-order valence-electron chi connectivity index (χ2n) is 21.0. The van der Waals surface area contributed by atoms with Crippen LogP contribution in [0.2, 0.25) is 0 Å². The molecule has 0 N–H and O–H groups in total. The van der Waals surface area contributed by atoms with Crippen molar-refractivity contribution in [2.75, 3.05) is 0 Å². The van der Waals surface area contributed by atoms with Crippen LogP contribution in [0.15, 0.2) is 114 Å². The van der Waals surface area contributed by atoms with E-state index in [4.69, 9.17) is 0 Å². The molecule has 3 aliphatic rings. The Morgan fingerprint density at radius 2 is 0.968 bits per heavy atom. The molecule has 317 valence electrons. The molecule has 0 nitrogen and oxygen atoms in total. The Morgan fingerprint density at radius 3 is 1.40 bits per heavy atom. The van der Waals surface area contributed by atoms with Crippen LogP contribution in [0.3, 0.4) is 0 Å². The van der Waals surface area contributed by atoms with Crippen LogP contribution in [0.5, 0.6) is 0 Å². The van der Waals surface area contributed by atoms with Crippen molar-refractivity contribution in [1.82, 2.24) is 0 Å². The first-order valence-electron chi connectivity index (χ1n) is 22.9. The molecule has 0 saturated carbocycles. The summed E-state index contributed by atoms with van der Waals surface area (Å²) in [7, 11) is 18.2. The number of rotatable bonds is 7. The van der Waals surface area contributed by atoms with Gasteiger partial charge in [-0.05, 0) is 0 Å². The third-order valence-electron chi connectivity index (χ3n) is 14.5.